The number of sulfonamides is 1. The molecule has 8 heteroatoms. The number of benzene rings is 1. The van der Waals surface area contributed by atoms with E-state index >= 15 is 0 Å². The number of anilines is 1. The number of rotatable bonds is 6. The van der Waals surface area contributed by atoms with E-state index in [-0.39, 0.29) is 16.3 Å². The second-order valence-corrected chi connectivity index (χ2v) is 7.88. The fourth-order valence-corrected chi connectivity index (χ4v) is 4.76. The van der Waals surface area contributed by atoms with Gasteiger partial charge in [-0.1, -0.05) is 0 Å². The molecule has 0 aromatic heterocycles. The molecule has 0 bridgehead atoms. The Kier molecular flexibility index (Phi) is 5.23. The first-order valence-electron chi connectivity index (χ1n) is 6.60. The van der Waals surface area contributed by atoms with Gasteiger partial charge in [-0.2, -0.15) is 11.8 Å². The minimum Gasteiger partial charge on any atom is -0.495 e. The number of thioether (sulfide) groups is 1. The van der Waals surface area contributed by atoms with Crippen LogP contribution in [0.3, 0.4) is 0 Å². The molecule has 118 valence electrons. The minimum atomic E-state index is -3.66. The second kappa shape index (κ2) is 6.76. The maximum Gasteiger partial charge on any atom is 0.244 e. The number of methoxy groups -OCH3 is 2. The van der Waals surface area contributed by atoms with Crippen molar-refractivity contribution in [2.45, 2.75) is 23.0 Å². The predicted molar refractivity (Wildman–Crippen MR) is 84.6 cm³/mol. The van der Waals surface area contributed by atoms with Gasteiger partial charge in [-0.25, -0.2) is 13.1 Å². The molecule has 0 saturated carbocycles. The number of hydrogen-bond donors (Lipinski definition) is 2. The van der Waals surface area contributed by atoms with Crippen molar-refractivity contribution in [3.8, 4) is 11.5 Å². The van der Waals surface area contributed by atoms with Crippen molar-refractivity contribution in [3.63, 3.8) is 0 Å². The molecule has 0 spiro atoms. The van der Waals surface area contributed by atoms with Crippen molar-refractivity contribution in [1.82, 2.24) is 4.72 Å². The number of nitrogens with two attached hydrogens (primary N) is 1. The first kappa shape index (κ1) is 16.3. The van der Waals surface area contributed by atoms with Crippen LogP contribution in [-0.4, -0.2) is 40.2 Å². The Morgan fingerprint density at radius 1 is 1.33 bits per heavy atom. The Balaban J connectivity index is 2.23. The topological polar surface area (TPSA) is 90.6 Å². The molecule has 0 radical (unpaired) electrons. The van der Waals surface area contributed by atoms with E-state index in [9.17, 15) is 8.42 Å². The van der Waals surface area contributed by atoms with E-state index < -0.39 is 10.0 Å². The average Bonchev–Trinajstić information content (AvgIpc) is 2.98. The molecular formula is C13H20N2O4S2. The Labute approximate surface area is 129 Å². The monoisotopic (exact) mass is 332 g/mol. The number of hydrogen-bond acceptors (Lipinski definition) is 6. The van der Waals surface area contributed by atoms with Crippen LogP contribution in [0, 0.1) is 0 Å². The standard InChI is InChI=1S/C13H20N2O4S2/c1-18-11-7-12(19-2)13(6-10(11)14)21(16,17)15-8-9-4-3-5-20-9/h6-7,9,15H,3-5,8,14H2,1-2H3. The highest BCUT2D eigenvalue weighted by atomic mass is 32.2. The third-order valence-electron chi connectivity index (χ3n) is 3.33. The largest absolute Gasteiger partial charge is 0.495 e. The second-order valence-electron chi connectivity index (χ2n) is 4.73. The fraction of sp³-hybridized carbons (Fsp3) is 0.538. The molecule has 1 heterocycles. The predicted octanol–water partition coefficient (Wildman–Crippen LogP) is 1.46. The summed E-state index contributed by atoms with van der Waals surface area (Å²) in [6.45, 7) is 0.419. The van der Waals surface area contributed by atoms with Crippen LogP contribution in [0.25, 0.3) is 0 Å². The van der Waals surface area contributed by atoms with Gasteiger partial charge in [0.2, 0.25) is 10.0 Å². The van der Waals surface area contributed by atoms with E-state index in [1.807, 2.05) is 0 Å². The third kappa shape index (κ3) is 3.75. The zero-order valence-electron chi connectivity index (χ0n) is 12.1. The summed E-state index contributed by atoms with van der Waals surface area (Å²) < 4.78 is 37.7. The van der Waals surface area contributed by atoms with E-state index in [2.05, 4.69) is 4.72 Å². The first-order chi connectivity index (χ1) is 9.97. The minimum absolute atomic E-state index is 0.0336. The van der Waals surface area contributed by atoms with Crippen LogP contribution in [0.5, 0.6) is 11.5 Å². The molecule has 1 aliphatic heterocycles. The van der Waals surface area contributed by atoms with E-state index in [1.165, 1.54) is 26.4 Å². The van der Waals surface area contributed by atoms with Gasteiger partial charge >= 0.3 is 0 Å². The molecule has 3 N–H and O–H groups in total. The Morgan fingerprint density at radius 3 is 2.62 bits per heavy atom. The summed E-state index contributed by atoms with van der Waals surface area (Å²) in [5.74, 6) is 1.69. The third-order valence-corrected chi connectivity index (χ3v) is 6.17. The quantitative estimate of drug-likeness (QED) is 0.767. The van der Waals surface area contributed by atoms with Crippen molar-refractivity contribution >= 4 is 27.5 Å². The maximum atomic E-state index is 12.4. The van der Waals surface area contributed by atoms with E-state index in [1.54, 1.807) is 11.8 Å². The van der Waals surface area contributed by atoms with Gasteiger partial charge in [0, 0.05) is 17.9 Å². The molecule has 1 aromatic rings. The maximum absolute atomic E-state index is 12.4. The summed E-state index contributed by atoms with van der Waals surface area (Å²) in [6, 6.07) is 2.84. The summed E-state index contributed by atoms with van der Waals surface area (Å²) in [6.07, 6.45) is 2.17. The van der Waals surface area contributed by atoms with Gasteiger partial charge in [0.05, 0.1) is 19.9 Å². The van der Waals surface area contributed by atoms with Crippen LogP contribution >= 0.6 is 11.8 Å². The van der Waals surface area contributed by atoms with Crippen LogP contribution in [-0.2, 0) is 10.0 Å². The Morgan fingerprint density at radius 2 is 2.05 bits per heavy atom. The molecule has 0 aliphatic carbocycles. The van der Waals surface area contributed by atoms with Gasteiger partial charge in [0.25, 0.3) is 0 Å². The van der Waals surface area contributed by atoms with Crippen LogP contribution in [0.1, 0.15) is 12.8 Å². The summed E-state index contributed by atoms with van der Waals surface area (Å²) in [5, 5.41) is 0.335. The van der Waals surface area contributed by atoms with Crippen molar-refractivity contribution in [3.05, 3.63) is 12.1 Å². The smallest absolute Gasteiger partial charge is 0.244 e. The van der Waals surface area contributed by atoms with Gasteiger partial charge < -0.3 is 15.2 Å². The lowest BCUT2D eigenvalue weighted by atomic mass is 10.2. The fourth-order valence-electron chi connectivity index (χ4n) is 2.19. The number of nitrogen functional groups attached to an aromatic ring is 1. The molecule has 1 fully saturated rings. The van der Waals surface area contributed by atoms with Crippen LogP contribution < -0.4 is 19.9 Å². The van der Waals surface area contributed by atoms with Crippen LogP contribution in [0.4, 0.5) is 5.69 Å². The van der Waals surface area contributed by atoms with E-state index in [0.717, 1.165) is 18.6 Å². The molecule has 21 heavy (non-hydrogen) atoms. The molecule has 1 atom stereocenters. The molecule has 6 nitrogen and oxygen atoms in total. The van der Waals surface area contributed by atoms with Crippen molar-refractivity contribution in [2.24, 2.45) is 0 Å². The summed E-state index contributed by atoms with van der Waals surface area (Å²) >= 11 is 1.79. The highest BCUT2D eigenvalue weighted by Crippen LogP contribution is 2.34. The van der Waals surface area contributed by atoms with Gasteiger partial charge in [-0.05, 0) is 24.7 Å². The van der Waals surface area contributed by atoms with Gasteiger partial charge in [-0.15, -0.1) is 0 Å². The van der Waals surface area contributed by atoms with Crippen molar-refractivity contribution in [1.29, 1.82) is 0 Å². The average molecular weight is 332 g/mol. The summed E-state index contributed by atoms with van der Waals surface area (Å²) in [4.78, 5) is 0.0336. The molecule has 1 saturated heterocycles. The molecular weight excluding hydrogens is 312 g/mol. The Bertz CT molecular complexity index is 598. The lowest BCUT2D eigenvalue weighted by Crippen LogP contribution is -2.30. The molecule has 1 aromatic carbocycles. The first-order valence-corrected chi connectivity index (χ1v) is 9.14. The molecule has 0 amide bonds. The Hall–Kier alpha value is -1.12. The zero-order chi connectivity index (χ0) is 15.5. The van der Waals surface area contributed by atoms with Crippen molar-refractivity contribution in [2.75, 3.05) is 32.3 Å². The van der Waals surface area contributed by atoms with Crippen LogP contribution in [0.15, 0.2) is 17.0 Å². The molecule has 2 rings (SSSR count). The van der Waals surface area contributed by atoms with Gasteiger partial charge in [0.15, 0.2) is 0 Å². The highest BCUT2D eigenvalue weighted by molar-refractivity contribution is 8.00. The lowest BCUT2D eigenvalue weighted by molar-refractivity contribution is 0.387. The highest BCUT2D eigenvalue weighted by Gasteiger charge is 2.24. The molecule has 1 unspecified atom stereocenters. The number of ether oxygens (including phenoxy) is 2. The van der Waals surface area contributed by atoms with Gasteiger partial charge in [0.1, 0.15) is 16.4 Å². The SMILES string of the molecule is COc1cc(OC)c(S(=O)(=O)NCC2CCCS2)cc1N. The normalized spacial score (nSPS) is 18.7. The van der Waals surface area contributed by atoms with Gasteiger partial charge in [-0.3, -0.25) is 0 Å². The lowest BCUT2D eigenvalue weighted by Gasteiger charge is -2.15. The van der Waals surface area contributed by atoms with Crippen LogP contribution in [0.2, 0.25) is 0 Å². The summed E-state index contributed by atoms with van der Waals surface area (Å²) in [5.41, 5.74) is 6.05. The summed E-state index contributed by atoms with van der Waals surface area (Å²) in [7, 11) is -0.781. The van der Waals surface area contributed by atoms with E-state index in [4.69, 9.17) is 15.2 Å². The number of nitrogens with one attached hydrogen (secondary N) is 1. The van der Waals surface area contributed by atoms with Crippen molar-refractivity contribution < 1.29 is 17.9 Å². The van der Waals surface area contributed by atoms with E-state index in [0.29, 0.717) is 17.5 Å². The zero-order valence-corrected chi connectivity index (χ0v) is 13.7. The molecule has 1 aliphatic rings.